The van der Waals surface area contributed by atoms with E-state index in [1.165, 1.54) is 12.1 Å². The van der Waals surface area contributed by atoms with Gasteiger partial charge in [-0.05, 0) is 67.4 Å². The molecular formula is C29H38F2N6O3. The zero-order valence-electron chi connectivity index (χ0n) is 22.5. The first kappa shape index (κ1) is 29.3. The quantitative estimate of drug-likeness (QED) is 0.163. The molecule has 7 N–H and O–H groups in total. The van der Waals surface area contributed by atoms with Crippen LogP contribution in [0.15, 0.2) is 59.6 Å². The first-order chi connectivity index (χ1) is 19.1. The lowest BCUT2D eigenvalue weighted by Crippen LogP contribution is -2.55. The van der Waals surface area contributed by atoms with E-state index in [0.29, 0.717) is 45.3 Å². The second-order valence-corrected chi connectivity index (χ2v) is 11.0. The largest absolute Gasteiger partial charge is 0.508 e. The number of rotatable bonds is 11. The van der Waals surface area contributed by atoms with Crippen molar-refractivity contribution in [2.75, 3.05) is 19.6 Å². The number of likely N-dealkylation sites (tertiary alicyclic amines) is 1. The van der Waals surface area contributed by atoms with Crippen molar-refractivity contribution in [3.05, 3.63) is 65.7 Å². The molecular weight excluding hydrogens is 518 g/mol. The number of phenols is 1. The van der Waals surface area contributed by atoms with E-state index < -0.39 is 18.0 Å². The van der Waals surface area contributed by atoms with Gasteiger partial charge in [0, 0.05) is 25.9 Å². The van der Waals surface area contributed by atoms with Gasteiger partial charge in [0.15, 0.2) is 5.96 Å². The number of amides is 2. The van der Waals surface area contributed by atoms with E-state index in [0.717, 1.165) is 11.1 Å². The molecule has 9 nitrogen and oxygen atoms in total. The Bertz CT molecular complexity index is 1170. The van der Waals surface area contributed by atoms with Crippen molar-refractivity contribution in [2.24, 2.45) is 21.9 Å². The number of halogens is 2. The van der Waals surface area contributed by atoms with Gasteiger partial charge < -0.3 is 27.2 Å². The summed E-state index contributed by atoms with van der Waals surface area (Å²) in [6.07, 6.45) is 1.81. The monoisotopic (exact) mass is 556 g/mol. The van der Waals surface area contributed by atoms with E-state index in [9.17, 15) is 23.5 Å². The summed E-state index contributed by atoms with van der Waals surface area (Å²) in [5, 5.41) is 15.3. The van der Waals surface area contributed by atoms with Crippen molar-refractivity contribution in [3.8, 4) is 5.75 Å². The minimum Gasteiger partial charge on any atom is -0.508 e. The smallest absolute Gasteiger partial charge is 0.249 e. The lowest BCUT2D eigenvalue weighted by atomic mass is 9.61. The van der Waals surface area contributed by atoms with Crippen LogP contribution >= 0.6 is 0 Å². The number of nitrogens with one attached hydrogen (secondary N) is 2. The number of guanidine groups is 1. The van der Waals surface area contributed by atoms with E-state index in [-0.39, 0.29) is 48.3 Å². The van der Waals surface area contributed by atoms with Gasteiger partial charge in [0.25, 0.3) is 0 Å². The van der Waals surface area contributed by atoms with E-state index in [2.05, 4.69) is 15.6 Å². The van der Waals surface area contributed by atoms with Crippen LogP contribution in [0.2, 0.25) is 0 Å². The number of alkyl halides is 2. The molecule has 216 valence electrons. The molecule has 0 bridgehead atoms. The van der Waals surface area contributed by atoms with E-state index in [4.69, 9.17) is 11.5 Å². The highest BCUT2D eigenvalue weighted by Gasteiger charge is 2.57. The van der Waals surface area contributed by atoms with Crippen LogP contribution in [-0.4, -0.2) is 59.4 Å². The minimum absolute atomic E-state index is 0.0476. The van der Waals surface area contributed by atoms with E-state index >= 15 is 0 Å². The molecule has 1 saturated carbocycles. The molecule has 2 aliphatic rings. The maximum atomic E-state index is 13.8. The molecule has 2 aromatic carbocycles. The number of aromatic hydroxyl groups is 1. The summed E-state index contributed by atoms with van der Waals surface area (Å²) in [7, 11) is 0. The Morgan fingerprint density at radius 3 is 2.25 bits per heavy atom. The zero-order valence-corrected chi connectivity index (χ0v) is 22.5. The Kier molecular flexibility index (Phi) is 9.24. The summed E-state index contributed by atoms with van der Waals surface area (Å²) < 4.78 is 27.3. The minimum atomic E-state index is -2.59. The first-order valence-corrected chi connectivity index (χ1v) is 13.6. The summed E-state index contributed by atoms with van der Waals surface area (Å²) in [5.74, 6) is -3.19. The Morgan fingerprint density at radius 2 is 1.65 bits per heavy atom. The van der Waals surface area contributed by atoms with Crippen molar-refractivity contribution < 1.29 is 23.5 Å². The predicted molar refractivity (Wildman–Crippen MR) is 148 cm³/mol. The molecule has 1 aliphatic heterocycles. The molecule has 2 amide bonds. The fourth-order valence-electron chi connectivity index (χ4n) is 5.77. The fraction of sp³-hybridized carbons (Fsp3) is 0.483. The fourth-order valence-corrected chi connectivity index (χ4v) is 5.77. The molecule has 0 radical (unpaired) electrons. The van der Waals surface area contributed by atoms with Crippen molar-refractivity contribution in [1.82, 2.24) is 15.5 Å². The average molecular weight is 557 g/mol. The van der Waals surface area contributed by atoms with Gasteiger partial charge in [-0.25, -0.2) is 8.78 Å². The average Bonchev–Trinajstić information content (AvgIpc) is 2.90. The lowest BCUT2D eigenvalue weighted by Gasteiger charge is -2.52. The van der Waals surface area contributed by atoms with Gasteiger partial charge in [0.05, 0.1) is 0 Å². The molecule has 1 saturated heterocycles. The summed E-state index contributed by atoms with van der Waals surface area (Å²) in [6.45, 7) is 1.57. The number of carbonyl (C=O) groups excluding carboxylic acids is 2. The number of nitrogens with two attached hydrogens (primary N) is 2. The van der Waals surface area contributed by atoms with Crippen LogP contribution in [0.3, 0.4) is 0 Å². The zero-order chi connectivity index (χ0) is 28.8. The molecule has 0 aromatic heterocycles. The van der Waals surface area contributed by atoms with E-state index in [1.54, 1.807) is 12.1 Å². The van der Waals surface area contributed by atoms with Gasteiger partial charge in [-0.1, -0.05) is 42.5 Å². The molecule has 2 aromatic rings. The molecule has 1 unspecified atom stereocenters. The van der Waals surface area contributed by atoms with Crippen molar-refractivity contribution in [2.45, 2.75) is 63.1 Å². The number of benzene rings is 2. The third-order valence-corrected chi connectivity index (χ3v) is 7.84. The van der Waals surface area contributed by atoms with Crippen LogP contribution in [0.4, 0.5) is 8.78 Å². The Morgan fingerprint density at radius 1 is 1.00 bits per heavy atom. The summed E-state index contributed by atoms with van der Waals surface area (Å²) >= 11 is 0. The highest BCUT2D eigenvalue weighted by atomic mass is 19.3. The predicted octanol–water partition coefficient (Wildman–Crippen LogP) is 2.80. The molecule has 1 spiro atoms. The second-order valence-electron chi connectivity index (χ2n) is 11.0. The van der Waals surface area contributed by atoms with Gasteiger partial charge >= 0.3 is 0 Å². The van der Waals surface area contributed by atoms with Crippen LogP contribution in [-0.2, 0) is 16.1 Å². The molecule has 11 heteroatoms. The van der Waals surface area contributed by atoms with Gasteiger partial charge in [-0.15, -0.1) is 0 Å². The number of phenolic OH excluding ortho intramolecular Hbond substituents is 1. The van der Waals surface area contributed by atoms with E-state index in [1.807, 2.05) is 35.2 Å². The number of nitrogens with zero attached hydrogens (tertiary/aromatic N) is 2. The highest BCUT2D eigenvalue weighted by Crippen LogP contribution is 2.57. The lowest BCUT2D eigenvalue weighted by molar-refractivity contribution is -0.180. The molecule has 1 heterocycles. The van der Waals surface area contributed by atoms with Crippen LogP contribution < -0.4 is 22.1 Å². The van der Waals surface area contributed by atoms with Gasteiger partial charge in [-0.2, -0.15) is 0 Å². The van der Waals surface area contributed by atoms with Gasteiger partial charge in [-0.3, -0.25) is 19.5 Å². The molecule has 40 heavy (non-hydrogen) atoms. The summed E-state index contributed by atoms with van der Waals surface area (Å²) in [4.78, 5) is 33.0. The van der Waals surface area contributed by atoms with Crippen molar-refractivity contribution in [1.29, 1.82) is 0 Å². The third kappa shape index (κ3) is 7.68. The number of hydrogen-bond donors (Lipinski definition) is 5. The van der Waals surface area contributed by atoms with Crippen molar-refractivity contribution in [3.63, 3.8) is 0 Å². The number of carbonyl (C=O) groups is 2. The van der Waals surface area contributed by atoms with Gasteiger partial charge in [0.1, 0.15) is 17.8 Å². The normalized spacial score (nSPS) is 19.1. The molecule has 2 fully saturated rings. The molecule has 4 rings (SSSR count). The third-order valence-electron chi connectivity index (χ3n) is 7.84. The standard InChI is InChI=1S/C29H38F2N6O3/c30-29(31)18-28(19-29)12-15-37(16-13-28)24(21-5-2-1-3-6-21)26(40)36-23(7-4-14-34-27(32)33)25(39)35-17-20-8-10-22(38)11-9-20/h1-3,5-6,8-11,23-24,38H,4,7,12-19H2,(H,35,39)(H,36,40)(H4,32,33,34)/t23-,24?/m1/s1. The molecule has 2 atom stereocenters. The first-order valence-electron chi connectivity index (χ1n) is 13.6. The highest BCUT2D eigenvalue weighted by molar-refractivity contribution is 5.90. The SMILES string of the molecule is NC(N)=NCCC[C@@H](NC(=O)C(c1ccccc1)N1CCC2(CC1)CC(F)(F)C2)C(=O)NCc1ccc(O)cc1. The maximum absolute atomic E-state index is 13.8. The van der Waals surface area contributed by atoms with Crippen LogP contribution in [0.5, 0.6) is 5.75 Å². The number of aliphatic imine (C=N–C) groups is 1. The topological polar surface area (TPSA) is 146 Å². The van der Waals surface area contributed by atoms with Crippen molar-refractivity contribution >= 4 is 17.8 Å². The van der Waals surface area contributed by atoms with Crippen LogP contribution in [0.25, 0.3) is 0 Å². The van der Waals surface area contributed by atoms with Gasteiger partial charge in [0.2, 0.25) is 17.7 Å². The molecule has 1 aliphatic carbocycles. The Balaban J connectivity index is 1.46. The Hall–Kier alpha value is -3.73. The maximum Gasteiger partial charge on any atom is 0.249 e. The van der Waals surface area contributed by atoms with Crippen LogP contribution in [0.1, 0.15) is 55.7 Å². The Labute approximate surface area is 233 Å². The van der Waals surface area contributed by atoms with Crippen LogP contribution in [0, 0.1) is 5.41 Å². The number of piperidine rings is 1. The number of hydrogen-bond acceptors (Lipinski definition) is 5. The summed E-state index contributed by atoms with van der Waals surface area (Å²) in [5.41, 5.74) is 12.1. The second kappa shape index (κ2) is 12.6. The summed E-state index contributed by atoms with van der Waals surface area (Å²) in [6, 6.07) is 14.3.